The Morgan fingerprint density at radius 2 is 1.89 bits per heavy atom. The number of benzene rings is 1. The van der Waals surface area contributed by atoms with Crippen LogP contribution in [-0.2, 0) is 6.54 Å². The van der Waals surface area contributed by atoms with Crippen LogP contribution in [0.3, 0.4) is 0 Å². The van der Waals surface area contributed by atoms with Gasteiger partial charge < -0.3 is 4.90 Å². The Labute approximate surface area is 115 Å². The number of carbonyl (C=O) groups is 1. The lowest BCUT2D eigenvalue weighted by atomic mass is 9.88. The SMILES string of the molecule is CN1C(=O)N(CC2CCCCC2)Cc2ccccc21. The molecule has 3 nitrogen and oxygen atoms in total. The van der Waals surface area contributed by atoms with Crippen molar-refractivity contribution in [2.24, 2.45) is 5.92 Å². The highest BCUT2D eigenvalue weighted by atomic mass is 16.2. The fourth-order valence-electron chi connectivity index (χ4n) is 3.38. The standard InChI is InChI=1S/C16H22N2O/c1-17-15-10-6-5-9-14(15)12-18(16(17)19)11-13-7-3-2-4-8-13/h5-6,9-10,13H,2-4,7-8,11-12H2,1H3. The minimum atomic E-state index is 0.157. The molecule has 3 rings (SSSR count). The zero-order valence-corrected chi connectivity index (χ0v) is 11.6. The molecule has 19 heavy (non-hydrogen) atoms. The van der Waals surface area contributed by atoms with Gasteiger partial charge in [0.25, 0.3) is 0 Å². The Balaban J connectivity index is 1.75. The number of rotatable bonds is 2. The maximum atomic E-state index is 12.4. The van der Waals surface area contributed by atoms with Crippen LogP contribution < -0.4 is 4.90 Å². The van der Waals surface area contributed by atoms with Crippen molar-refractivity contribution >= 4 is 11.7 Å². The monoisotopic (exact) mass is 258 g/mol. The number of nitrogens with zero attached hydrogens (tertiary/aromatic N) is 2. The molecule has 1 aliphatic carbocycles. The zero-order chi connectivity index (χ0) is 13.2. The number of fused-ring (bicyclic) bond motifs is 1. The van der Waals surface area contributed by atoms with E-state index >= 15 is 0 Å². The summed E-state index contributed by atoms with van der Waals surface area (Å²) in [6, 6.07) is 8.38. The van der Waals surface area contributed by atoms with E-state index in [9.17, 15) is 4.79 Å². The molecule has 1 aromatic rings. The van der Waals surface area contributed by atoms with Crippen molar-refractivity contribution < 1.29 is 4.79 Å². The number of carbonyl (C=O) groups excluding carboxylic acids is 1. The second-order valence-electron chi connectivity index (χ2n) is 5.85. The number of para-hydroxylation sites is 1. The normalized spacial score (nSPS) is 20.6. The van der Waals surface area contributed by atoms with Gasteiger partial charge in [0.05, 0.1) is 5.69 Å². The topological polar surface area (TPSA) is 23.6 Å². The van der Waals surface area contributed by atoms with Gasteiger partial charge in [-0.25, -0.2) is 4.79 Å². The molecule has 102 valence electrons. The molecule has 3 heteroatoms. The van der Waals surface area contributed by atoms with Gasteiger partial charge in [0.1, 0.15) is 0 Å². The van der Waals surface area contributed by atoms with Crippen molar-refractivity contribution in [1.82, 2.24) is 4.90 Å². The fraction of sp³-hybridized carbons (Fsp3) is 0.562. The highest BCUT2D eigenvalue weighted by Crippen LogP contribution is 2.30. The molecule has 1 aromatic carbocycles. The molecule has 1 saturated carbocycles. The first-order chi connectivity index (χ1) is 9.25. The molecule has 0 N–H and O–H groups in total. The van der Waals surface area contributed by atoms with Crippen LogP contribution in [-0.4, -0.2) is 24.5 Å². The molecule has 0 bridgehead atoms. The molecule has 0 radical (unpaired) electrons. The van der Waals surface area contributed by atoms with Crippen LogP contribution in [0.2, 0.25) is 0 Å². The molecule has 0 saturated heterocycles. The summed E-state index contributed by atoms with van der Waals surface area (Å²) < 4.78 is 0. The highest BCUT2D eigenvalue weighted by Gasteiger charge is 2.29. The van der Waals surface area contributed by atoms with Crippen LogP contribution in [0.1, 0.15) is 37.7 Å². The van der Waals surface area contributed by atoms with Crippen molar-refractivity contribution in [2.75, 3.05) is 18.5 Å². The van der Waals surface area contributed by atoms with Gasteiger partial charge in [-0.2, -0.15) is 0 Å². The molecule has 2 amide bonds. The maximum Gasteiger partial charge on any atom is 0.324 e. The molecular weight excluding hydrogens is 236 g/mol. The molecule has 1 fully saturated rings. The predicted molar refractivity (Wildman–Crippen MR) is 77.2 cm³/mol. The summed E-state index contributed by atoms with van der Waals surface area (Å²) in [4.78, 5) is 16.2. The number of amides is 2. The van der Waals surface area contributed by atoms with Gasteiger partial charge in [0.2, 0.25) is 0 Å². The molecule has 1 heterocycles. The van der Waals surface area contributed by atoms with Crippen molar-refractivity contribution in [2.45, 2.75) is 38.6 Å². The number of urea groups is 1. The van der Waals surface area contributed by atoms with Crippen LogP contribution in [0.4, 0.5) is 10.5 Å². The maximum absolute atomic E-state index is 12.4. The molecular formula is C16H22N2O. The number of hydrogen-bond acceptors (Lipinski definition) is 1. The molecule has 0 atom stereocenters. The van der Waals surface area contributed by atoms with Gasteiger partial charge in [0, 0.05) is 20.1 Å². The third kappa shape index (κ3) is 2.46. The first kappa shape index (κ1) is 12.5. The van der Waals surface area contributed by atoms with E-state index in [1.165, 1.54) is 37.7 Å². The molecule has 1 aliphatic heterocycles. The Hall–Kier alpha value is -1.51. The van der Waals surface area contributed by atoms with Gasteiger partial charge in [-0.1, -0.05) is 37.5 Å². The van der Waals surface area contributed by atoms with Crippen LogP contribution in [0.5, 0.6) is 0 Å². The van der Waals surface area contributed by atoms with E-state index in [0.717, 1.165) is 18.8 Å². The lowest BCUT2D eigenvalue weighted by molar-refractivity contribution is 0.178. The third-order valence-electron chi connectivity index (χ3n) is 4.47. The molecule has 0 aromatic heterocycles. The van der Waals surface area contributed by atoms with Crippen molar-refractivity contribution in [3.63, 3.8) is 0 Å². The van der Waals surface area contributed by atoms with E-state index in [1.54, 1.807) is 4.90 Å². The van der Waals surface area contributed by atoms with E-state index in [4.69, 9.17) is 0 Å². The van der Waals surface area contributed by atoms with Crippen LogP contribution in [0, 0.1) is 5.92 Å². The molecule has 0 unspecified atom stereocenters. The summed E-state index contributed by atoms with van der Waals surface area (Å²) in [5, 5.41) is 0. The fourth-order valence-corrected chi connectivity index (χ4v) is 3.38. The smallest absolute Gasteiger partial charge is 0.320 e. The Bertz CT molecular complexity index is 466. The quantitative estimate of drug-likeness (QED) is 0.794. The highest BCUT2D eigenvalue weighted by molar-refractivity contribution is 5.94. The average molecular weight is 258 g/mol. The second kappa shape index (κ2) is 5.24. The Morgan fingerprint density at radius 3 is 2.68 bits per heavy atom. The first-order valence-electron chi connectivity index (χ1n) is 7.36. The van der Waals surface area contributed by atoms with E-state index in [-0.39, 0.29) is 6.03 Å². The number of hydrogen-bond donors (Lipinski definition) is 0. The predicted octanol–water partition coefficient (Wildman–Crippen LogP) is 3.64. The lowest BCUT2D eigenvalue weighted by Crippen LogP contribution is -2.47. The zero-order valence-electron chi connectivity index (χ0n) is 11.6. The van der Waals surface area contributed by atoms with Crippen molar-refractivity contribution in [1.29, 1.82) is 0 Å². The summed E-state index contributed by atoms with van der Waals surface area (Å²) >= 11 is 0. The van der Waals surface area contributed by atoms with Crippen LogP contribution in [0.15, 0.2) is 24.3 Å². The Kier molecular flexibility index (Phi) is 3.45. The van der Waals surface area contributed by atoms with E-state index in [0.29, 0.717) is 5.92 Å². The molecule has 2 aliphatic rings. The van der Waals surface area contributed by atoms with Gasteiger partial charge in [-0.3, -0.25) is 4.90 Å². The van der Waals surface area contributed by atoms with Crippen molar-refractivity contribution in [3.05, 3.63) is 29.8 Å². The van der Waals surface area contributed by atoms with Gasteiger partial charge in [-0.05, 0) is 30.4 Å². The van der Waals surface area contributed by atoms with E-state index < -0.39 is 0 Å². The number of anilines is 1. The Morgan fingerprint density at radius 1 is 1.16 bits per heavy atom. The summed E-state index contributed by atoms with van der Waals surface area (Å²) in [6.45, 7) is 1.70. The van der Waals surface area contributed by atoms with Crippen molar-refractivity contribution in [3.8, 4) is 0 Å². The molecule has 0 spiro atoms. The minimum Gasteiger partial charge on any atom is -0.320 e. The summed E-state index contributed by atoms with van der Waals surface area (Å²) in [5.41, 5.74) is 2.33. The summed E-state index contributed by atoms with van der Waals surface area (Å²) in [7, 11) is 1.88. The van der Waals surface area contributed by atoms with E-state index in [1.807, 2.05) is 24.1 Å². The minimum absolute atomic E-state index is 0.157. The van der Waals surface area contributed by atoms with Gasteiger partial charge >= 0.3 is 6.03 Å². The second-order valence-corrected chi connectivity index (χ2v) is 5.85. The third-order valence-corrected chi connectivity index (χ3v) is 4.47. The largest absolute Gasteiger partial charge is 0.324 e. The van der Waals surface area contributed by atoms with Crippen LogP contribution in [0.25, 0.3) is 0 Å². The van der Waals surface area contributed by atoms with Crippen LogP contribution >= 0.6 is 0 Å². The lowest BCUT2D eigenvalue weighted by Gasteiger charge is -2.37. The first-order valence-corrected chi connectivity index (χ1v) is 7.36. The summed E-state index contributed by atoms with van der Waals surface area (Å²) in [5.74, 6) is 0.705. The van der Waals surface area contributed by atoms with E-state index in [2.05, 4.69) is 12.1 Å². The van der Waals surface area contributed by atoms with Gasteiger partial charge in [-0.15, -0.1) is 0 Å². The van der Waals surface area contributed by atoms with Gasteiger partial charge in [0.15, 0.2) is 0 Å². The summed E-state index contributed by atoms with van der Waals surface area (Å²) in [6.07, 6.45) is 6.61. The average Bonchev–Trinajstić information content (AvgIpc) is 2.46.